The Labute approximate surface area is 127 Å². The molecule has 0 radical (unpaired) electrons. The van der Waals surface area contributed by atoms with Gasteiger partial charge in [-0.3, -0.25) is 4.79 Å². The van der Waals surface area contributed by atoms with E-state index in [1.807, 2.05) is 15.2 Å². The van der Waals surface area contributed by atoms with Crippen LogP contribution in [-0.4, -0.2) is 58.9 Å². The van der Waals surface area contributed by atoms with E-state index in [0.29, 0.717) is 24.6 Å². The lowest BCUT2D eigenvalue weighted by molar-refractivity contribution is -0.131. The van der Waals surface area contributed by atoms with Crippen molar-refractivity contribution in [2.24, 2.45) is 0 Å². The van der Waals surface area contributed by atoms with Crippen molar-refractivity contribution in [1.82, 2.24) is 20.1 Å². The number of urea groups is 1. The van der Waals surface area contributed by atoms with Crippen LogP contribution in [0.5, 0.6) is 0 Å². The molecule has 3 N–H and O–H groups in total. The minimum absolute atomic E-state index is 0.0257. The standard InChI is InChI=1S/C13H19N5O2S/c14-12-16-9(8-21-12)7-11(19)17-4-1-10(2-5-17)18-6-3-15-13(18)20/h8,10H,1-7H2,(H2,14,16)(H,15,20). The van der Waals surface area contributed by atoms with Crippen molar-refractivity contribution in [3.8, 4) is 0 Å². The molecule has 0 unspecified atom stereocenters. The smallest absolute Gasteiger partial charge is 0.317 e. The predicted octanol–water partition coefficient (Wildman–Crippen LogP) is 0.284. The number of hydrogen-bond acceptors (Lipinski definition) is 5. The molecule has 1 aromatic rings. The summed E-state index contributed by atoms with van der Waals surface area (Å²) < 4.78 is 0. The van der Waals surface area contributed by atoms with Crippen molar-refractivity contribution in [3.63, 3.8) is 0 Å². The monoisotopic (exact) mass is 309 g/mol. The number of nitrogens with two attached hydrogens (primary N) is 1. The Morgan fingerprint density at radius 2 is 2.19 bits per heavy atom. The van der Waals surface area contributed by atoms with Crippen LogP contribution in [0.2, 0.25) is 0 Å². The molecule has 114 valence electrons. The summed E-state index contributed by atoms with van der Waals surface area (Å²) in [5.74, 6) is 0.0876. The fourth-order valence-corrected chi connectivity index (χ4v) is 3.50. The lowest BCUT2D eigenvalue weighted by atomic mass is 10.0. The molecule has 1 aromatic heterocycles. The van der Waals surface area contributed by atoms with Gasteiger partial charge in [0.2, 0.25) is 5.91 Å². The highest BCUT2D eigenvalue weighted by Crippen LogP contribution is 2.19. The van der Waals surface area contributed by atoms with Gasteiger partial charge in [-0.05, 0) is 12.8 Å². The number of aromatic nitrogens is 1. The first-order chi connectivity index (χ1) is 10.1. The predicted molar refractivity (Wildman–Crippen MR) is 79.9 cm³/mol. The van der Waals surface area contributed by atoms with Crippen molar-refractivity contribution < 1.29 is 9.59 Å². The second-order valence-electron chi connectivity index (χ2n) is 5.39. The summed E-state index contributed by atoms with van der Waals surface area (Å²) in [5, 5.41) is 5.15. The van der Waals surface area contributed by atoms with Crippen molar-refractivity contribution >= 4 is 28.4 Å². The molecule has 0 aromatic carbocycles. The summed E-state index contributed by atoms with van der Waals surface area (Å²) in [4.78, 5) is 31.7. The highest BCUT2D eigenvalue weighted by molar-refractivity contribution is 7.13. The normalized spacial score (nSPS) is 19.9. The number of anilines is 1. The van der Waals surface area contributed by atoms with Crippen LogP contribution in [0.3, 0.4) is 0 Å². The van der Waals surface area contributed by atoms with Crippen LogP contribution in [0, 0.1) is 0 Å². The second kappa shape index (κ2) is 5.88. The van der Waals surface area contributed by atoms with E-state index in [1.54, 1.807) is 0 Å². The lowest BCUT2D eigenvalue weighted by Gasteiger charge is -2.36. The van der Waals surface area contributed by atoms with Gasteiger partial charge in [-0.2, -0.15) is 0 Å². The van der Waals surface area contributed by atoms with Gasteiger partial charge in [0.1, 0.15) is 0 Å². The molecule has 2 aliphatic rings. The number of nitrogens with one attached hydrogen (secondary N) is 1. The van der Waals surface area contributed by atoms with E-state index < -0.39 is 0 Å². The number of likely N-dealkylation sites (tertiary alicyclic amines) is 1. The molecule has 2 fully saturated rings. The van der Waals surface area contributed by atoms with Crippen LogP contribution in [-0.2, 0) is 11.2 Å². The minimum atomic E-state index is 0.0257. The van der Waals surface area contributed by atoms with Gasteiger partial charge in [0.25, 0.3) is 0 Å². The fourth-order valence-electron chi connectivity index (χ4n) is 2.93. The summed E-state index contributed by atoms with van der Waals surface area (Å²) in [6.07, 6.45) is 2.00. The molecule has 3 rings (SSSR count). The van der Waals surface area contributed by atoms with E-state index in [-0.39, 0.29) is 18.0 Å². The fraction of sp³-hybridized carbons (Fsp3) is 0.615. The Kier molecular flexibility index (Phi) is 3.96. The molecule has 3 amide bonds. The molecule has 0 atom stereocenters. The number of carbonyl (C=O) groups excluding carboxylic acids is 2. The number of rotatable bonds is 3. The number of hydrogen-bond donors (Lipinski definition) is 2. The van der Waals surface area contributed by atoms with Crippen LogP contribution in [0.1, 0.15) is 18.5 Å². The zero-order valence-corrected chi connectivity index (χ0v) is 12.6. The van der Waals surface area contributed by atoms with Gasteiger partial charge in [-0.15, -0.1) is 11.3 Å². The molecule has 7 nitrogen and oxygen atoms in total. The van der Waals surface area contributed by atoms with Gasteiger partial charge in [0, 0.05) is 37.6 Å². The Morgan fingerprint density at radius 1 is 1.43 bits per heavy atom. The summed E-state index contributed by atoms with van der Waals surface area (Å²) >= 11 is 1.36. The van der Waals surface area contributed by atoms with Gasteiger partial charge >= 0.3 is 6.03 Å². The van der Waals surface area contributed by atoms with Gasteiger partial charge < -0.3 is 20.9 Å². The SMILES string of the molecule is Nc1nc(CC(=O)N2CCC(N3CCNC3=O)CC2)cs1. The molecular weight excluding hydrogens is 290 g/mol. The number of carbonyl (C=O) groups is 2. The highest BCUT2D eigenvalue weighted by Gasteiger charge is 2.31. The largest absolute Gasteiger partial charge is 0.375 e. The van der Waals surface area contributed by atoms with E-state index in [9.17, 15) is 9.59 Å². The summed E-state index contributed by atoms with van der Waals surface area (Å²) in [6, 6.07) is 0.282. The van der Waals surface area contributed by atoms with Crippen LogP contribution >= 0.6 is 11.3 Å². The summed E-state index contributed by atoms with van der Waals surface area (Å²) in [5.41, 5.74) is 6.31. The number of nitrogen functional groups attached to an aromatic ring is 1. The van der Waals surface area contributed by atoms with Crippen LogP contribution in [0.4, 0.5) is 9.93 Å². The minimum Gasteiger partial charge on any atom is -0.375 e. The van der Waals surface area contributed by atoms with Gasteiger partial charge in [-0.1, -0.05) is 0 Å². The summed E-state index contributed by atoms with van der Waals surface area (Å²) in [6.45, 7) is 2.90. The van der Waals surface area contributed by atoms with E-state index in [2.05, 4.69) is 10.3 Å². The van der Waals surface area contributed by atoms with E-state index >= 15 is 0 Å². The number of nitrogens with zero attached hydrogens (tertiary/aromatic N) is 3. The number of amides is 3. The maximum Gasteiger partial charge on any atom is 0.317 e. The third-order valence-electron chi connectivity index (χ3n) is 4.05. The molecule has 2 saturated heterocycles. The van der Waals surface area contributed by atoms with Crippen molar-refractivity contribution in [2.75, 3.05) is 31.9 Å². The average Bonchev–Trinajstić information content (AvgIpc) is 3.08. The van der Waals surface area contributed by atoms with E-state index in [1.165, 1.54) is 11.3 Å². The van der Waals surface area contributed by atoms with Crippen LogP contribution in [0.15, 0.2) is 5.38 Å². The van der Waals surface area contributed by atoms with Gasteiger partial charge in [-0.25, -0.2) is 9.78 Å². The zero-order chi connectivity index (χ0) is 14.8. The number of thiazole rings is 1. The quantitative estimate of drug-likeness (QED) is 0.839. The maximum absolute atomic E-state index is 12.2. The van der Waals surface area contributed by atoms with Crippen molar-refractivity contribution in [1.29, 1.82) is 0 Å². The Balaban J connectivity index is 1.51. The van der Waals surface area contributed by atoms with Crippen molar-refractivity contribution in [2.45, 2.75) is 25.3 Å². The first-order valence-electron chi connectivity index (χ1n) is 7.15. The van der Waals surface area contributed by atoms with E-state index in [0.717, 1.165) is 31.6 Å². The van der Waals surface area contributed by atoms with Gasteiger partial charge in [0.15, 0.2) is 5.13 Å². The molecule has 0 aliphatic carbocycles. The highest BCUT2D eigenvalue weighted by atomic mass is 32.1. The third kappa shape index (κ3) is 3.10. The zero-order valence-electron chi connectivity index (χ0n) is 11.7. The maximum atomic E-state index is 12.2. The van der Waals surface area contributed by atoms with E-state index in [4.69, 9.17) is 5.73 Å². The van der Waals surface area contributed by atoms with Crippen LogP contribution in [0.25, 0.3) is 0 Å². The van der Waals surface area contributed by atoms with Gasteiger partial charge in [0.05, 0.1) is 12.1 Å². The van der Waals surface area contributed by atoms with Crippen LogP contribution < -0.4 is 11.1 Å². The Bertz CT molecular complexity index is 538. The van der Waals surface area contributed by atoms with Crippen molar-refractivity contribution in [3.05, 3.63) is 11.1 Å². The summed E-state index contributed by atoms with van der Waals surface area (Å²) in [7, 11) is 0. The molecule has 2 aliphatic heterocycles. The molecule has 8 heteroatoms. The Morgan fingerprint density at radius 3 is 2.76 bits per heavy atom. The molecule has 21 heavy (non-hydrogen) atoms. The molecule has 0 bridgehead atoms. The first-order valence-corrected chi connectivity index (χ1v) is 8.03. The molecule has 0 saturated carbocycles. The average molecular weight is 309 g/mol. The number of piperidine rings is 1. The second-order valence-corrected chi connectivity index (χ2v) is 6.28. The molecule has 3 heterocycles. The topological polar surface area (TPSA) is 91.6 Å². The molecular formula is C13H19N5O2S. The lowest BCUT2D eigenvalue weighted by Crippen LogP contribution is -2.48. The first kappa shape index (κ1) is 14.1. The third-order valence-corrected chi connectivity index (χ3v) is 4.77. The molecule has 0 spiro atoms. The Hall–Kier alpha value is -1.83.